The lowest BCUT2D eigenvalue weighted by molar-refractivity contribution is -0.114. The van der Waals surface area contributed by atoms with Crippen molar-refractivity contribution in [2.24, 2.45) is 0 Å². The Hall–Kier alpha value is -1.95. The van der Waals surface area contributed by atoms with Gasteiger partial charge in [0, 0.05) is 24.9 Å². The van der Waals surface area contributed by atoms with Gasteiger partial charge in [0.1, 0.15) is 0 Å². The van der Waals surface area contributed by atoms with Crippen LogP contribution in [-0.2, 0) is 4.79 Å². The quantitative estimate of drug-likeness (QED) is 0.700. The number of aromatic nitrogens is 2. The van der Waals surface area contributed by atoms with Gasteiger partial charge in [-0.1, -0.05) is 40.6 Å². The Labute approximate surface area is 147 Å². The first-order valence-corrected chi connectivity index (χ1v) is 8.26. The largest absolute Gasteiger partial charge is 0.302 e. The highest BCUT2D eigenvalue weighted by Crippen LogP contribution is 2.40. The predicted octanol–water partition coefficient (Wildman–Crippen LogP) is 5.14. The van der Waals surface area contributed by atoms with Gasteiger partial charge in [-0.25, -0.2) is 4.98 Å². The zero-order valence-corrected chi connectivity index (χ0v) is 14.3. The second-order valence-electron chi connectivity index (χ2n) is 4.74. The maximum Gasteiger partial charge on any atom is 0.223 e. The first-order valence-electron chi connectivity index (χ1n) is 6.69. The summed E-state index contributed by atoms with van der Waals surface area (Å²) in [7, 11) is 0. The lowest BCUT2D eigenvalue weighted by Crippen LogP contribution is -2.04. The molecule has 4 nitrogen and oxygen atoms in total. The van der Waals surface area contributed by atoms with Gasteiger partial charge in [-0.3, -0.25) is 9.78 Å². The summed E-state index contributed by atoms with van der Waals surface area (Å²) in [5, 5.41) is 4.20. The summed E-state index contributed by atoms with van der Waals surface area (Å²) < 4.78 is 0. The number of amides is 1. The molecule has 0 aliphatic carbocycles. The molecule has 0 saturated heterocycles. The molecule has 3 rings (SSSR count). The number of anilines is 1. The van der Waals surface area contributed by atoms with Crippen molar-refractivity contribution >= 4 is 45.6 Å². The highest BCUT2D eigenvalue weighted by molar-refractivity contribution is 7.19. The van der Waals surface area contributed by atoms with Gasteiger partial charge in [0.15, 0.2) is 5.13 Å². The maximum absolute atomic E-state index is 11.3. The van der Waals surface area contributed by atoms with Crippen molar-refractivity contribution < 1.29 is 4.79 Å². The van der Waals surface area contributed by atoms with Crippen molar-refractivity contribution in [1.29, 1.82) is 0 Å². The average molecular weight is 364 g/mol. The fraction of sp³-hybridized carbons (Fsp3) is 0.0625. The monoisotopic (exact) mass is 363 g/mol. The van der Waals surface area contributed by atoms with Crippen LogP contribution in [0.2, 0.25) is 10.0 Å². The lowest BCUT2D eigenvalue weighted by atomic mass is 10.1. The van der Waals surface area contributed by atoms with E-state index in [1.165, 1.54) is 18.3 Å². The van der Waals surface area contributed by atoms with E-state index in [4.69, 9.17) is 23.2 Å². The Morgan fingerprint density at radius 2 is 1.83 bits per heavy atom. The molecule has 116 valence electrons. The Bertz CT molecular complexity index is 865. The van der Waals surface area contributed by atoms with Gasteiger partial charge in [-0.2, -0.15) is 0 Å². The molecule has 0 radical (unpaired) electrons. The number of carbonyl (C=O) groups excluding carboxylic acids is 1. The molecule has 7 heteroatoms. The molecule has 1 aromatic carbocycles. The third-order valence-electron chi connectivity index (χ3n) is 3.05. The zero-order chi connectivity index (χ0) is 16.4. The predicted molar refractivity (Wildman–Crippen MR) is 95.1 cm³/mol. The highest BCUT2D eigenvalue weighted by Gasteiger charge is 2.16. The summed E-state index contributed by atoms with van der Waals surface area (Å²) in [6.07, 6.45) is 3.43. The normalized spacial score (nSPS) is 10.6. The second kappa shape index (κ2) is 6.66. The van der Waals surface area contributed by atoms with Crippen molar-refractivity contribution in [3.05, 3.63) is 52.8 Å². The van der Waals surface area contributed by atoms with Crippen molar-refractivity contribution in [2.45, 2.75) is 6.92 Å². The van der Waals surface area contributed by atoms with Gasteiger partial charge in [-0.15, -0.1) is 0 Å². The number of carbonyl (C=O) groups is 1. The maximum atomic E-state index is 11.3. The zero-order valence-electron chi connectivity index (χ0n) is 12.0. The molecule has 0 aliphatic heterocycles. The molecule has 0 spiro atoms. The van der Waals surface area contributed by atoms with Crippen LogP contribution in [0.5, 0.6) is 0 Å². The smallest absolute Gasteiger partial charge is 0.223 e. The minimum absolute atomic E-state index is 0.166. The van der Waals surface area contributed by atoms with Crippen molar-refractivity contribution in [2.75, 3.05) is 5.32 Å². The summed E-state index contributed by atoms with van der Waals surface area (Å²) in [6, 6.07) is 9.14. The molecule has 0 fully saturated rings. The highest BCUT2D eigenvalue weighted by atomic mass is 35.5. The van der Waals surface area contributed by atoms with E-state index < -0.39 is 0 Å². The van der Waals surface area contributed by atoms with Crippen LogP contribution >= 0.6 is 34.5 Å². The van der Waals surface area contributed by atoms with Crippen LogP contribution in [0, 0.1) is 0 Å². The van der Waals surface area contributed by atoms with E-state index in [2.05, 4.69) is 15.3 Å². The molecular weight excluding hydrogens is 353 g/mol. The van der Waals surface area contributed by atoms with E-state index in [0.717, 1.165) is 21.7 Å². The molecule has 2 heterocycles. The molecule has 2 aromatic heterocycles. The third-order valence-corrected chi connectivity index (χ3v) is 4.80. The number of hydrogen-bond donors (Lipinski definition) is 1. The standard InChI is InChI=1S/C16H11Cl2N3OS/c1-9(22)20-16-21-14(11-2-3-12(17)13(18)8-11)15(23-16)10-4-6-19-7-5-10/h2-8H,1H3,(H,20,21,22). The minimum Gasteiger partial charge on any atom is -0.302 e. The Morgan fingerprint density at radius 3 is 2.48 bits per heavy atom. The first kappa shape index (κ1) is 15.9. The van der Waals surface area contributed by atoms with Crippen LogP contribution in [0.15, 0.2) is 42.7 Å². The van der Waals surface area contributed by atoms with Gasteiger partial charge in [0.2, 0.25) is 5.91 Å². The molecule has 1 amide bonds. The van der Waals surface area contributed by atoms with E-state index >= 15 is 0 Å². The van der Waals surface area contributed by atoms with E-state index in [9.17, 15) is 4.79 Å². The van der Waals surface area contributed by atoms with Crippen LogP contribution in [0.4, 0.5) is 5.13 Å². The molecule has 1 N–H and O–H groups in total. The summed E-state index contributed by atoms with van der Waals surface area (Å²) in [6.45, 7) is 1.45. The Morgan fingerprint density at radius 1 is 1.09 bits per heavy atom. The van der Waals surface area contributed by atoms with Crippen molar-refractivity contribution in [3.8, 4) is 21.7 Å². The summed E-state index contributed by atoms with van der Waals surface area (Å²) in [5.74, 6) is -0.166. The number of halogens is 2. The van der Waals surface area contributed by atoms with Gasteiger partial charge < -0.3 is 5.32 Å². The molecule has 0 saturated carbocycles. The summed E-state index contributed by atoms with van der Waals surface area (Å²) >= 11 is 13.5. The Kier molecular flexibility index (Phi) is 4.61. The van der Waals surface area contributed by atoms with E-state index in [1.54, 1.807) is 24.5 Å². The molecular formula is C16H11Cl2N3OS. The molecule has 0 unspecified atom stereocenters. The van der Waals surface area contributed by atoms with E-state index in [-0.39, 0.29) is 5.91 Å². The molecule has 23 heavy (non-hydrogen) atoms. The van der Waals surface area contributed by atoms with Gasteiger partial charge in [0.25, 0.3) is 0 Å². The second-order valence-corrected chi connectivity index (χ2v) is 6.56. The number of thiazole rings is 1. The SMILES string of the molecule is CC(=O)Nc1nc(-c2ccc(Cl)c(Cl)c2)c(-c2ccncc2)s1. The summed E-state index contributed by atoms with van der Waals surface area (Å²) in [4.78, 5) is 20.8. The topological polar surface area (TPSA) is 54.9 Å². The molecule has 3 aromatic rings. The minimum atomic E-state index is -0.166. The first-order chi connectivity index (χ1) is 11.0. The Balaban J connectivity index is 2.15. The number of nitrogens with zero attached hydrogens (tertiary/aromatic N) is 2. The van der Waals surface area contributed by atoms with Gasteiger partial charge >= 0.3 is 0 Å². The third kappa shape index (κ3) is 3.52. The number of rotatable bonds is 3. The van der Waals surface area contributed by atoms with Crippen LogP contribution < -0.4 is 5.32 Å². The van der Waals surface area contributed by atoms with Gasteiger partial charge in [-0.05, 0) is 29.8 Å². The fourth-order valence-electron chi connectivity index (χ4n) is 2.06. The number of pyridine rings is 1. The lowest BCUT2D eigenvalue weighted by Gasteiger charge is -2.04. The number of nitrogens with one attached hydrogen (secondary N) is 1. The van der Waals surface area contributed by atoms with Gasteiger partial charge in [0.05, 0.1) is 20.6 Å². The average Bonchev–Trinajstić information content (AvgIpc) is 2.94. The van der Waals surface area contributed by atoms with Crippen LogP contribution in [0.25, 0.3) is 21.7 Å². The van der Waals surface area contributed by atoms with Crippen molar-refractivity contribution in [1.82, 2.24) is 9.97 Å². The van der Waals surface area contributed by atoms with Crippen molar-refractivity contribution in [3.63, 3.8) is 0 Å². The number of hydrogen-bond acceptors (Lipinski definition) is 4. The van der Waals surface area contributed by atoms with E-state index in [0.29, 0.717) is 15.2 Å². The van der Waals surface area contributed by atoms with Crippen LogP contribution in [-0.4, -0.2) is 15.9 Å². The molecule has 0 bridgehead atoms. The number of benzene rings is 1. The summed E-state index contributed by atoms with van der Waals surface area (Å²) in [5.41, 5.74) is 2.54. The molecule has 0 atom stereocenters. The van der Waals surface area contributed by atoms with Crippen LogP contribution in [0.3, 0.4) is 0 Å². The van der Waals surface area contributed by atoms with Crippen LogP contribution in [0.1, 0.15) is 6.92 Å². The molecule has 0 aliphatic rings. The van der Waals surface area contributed by atoms with E-state index in [1.807, 2.05) is 18.2 Å². The fourth-order valence-corrected chi connectivity index (χ4v) is 3.40.